The number of primary amides is 1. The van der Waals surface area contributed by atoms with Crippen molar-refractivity contribution < 1.29 is 23.9 Å². The van der Waals surface area contributed by atoms with Crippen molar-refractivity contribution in [3.63, 3.8) is 0 Å². The van der Waals surface area contributed by atoms with E-state index in [0.29, 0.717) is 22.7 Å². The van der Waals surface area contributed by atoms with Crippen molar-refractivity contribution in [3.8, 4) is 11.5 Å². The predicted molar refractivity (Wildman–Crippen MR) is 163 cm³/mol. The summed E-state index contributed by atoms with van der Waals surface area (Å²) in [6.07, 6.45) is 0. The predicted octanol–water partition coefficient (Wildman–Crippen LogP) is 3.61. The Morgan fingerprint density at radius 1 is 0.929 bits per heavy atom. The van der Waals surface area contributed by atoms with Gasteiger partial charge in [0.2, 0.25) is 5.91 Å². The molecule has 3 aromatic carbocycles. The Bertz CT molecular complexity index is 1570. The summed E-state index contributed by atoms with van der Waals surface area (Å²) in [5.41, 5.74) is 13.9. The Kier molecular flexibility index (Phi) is 9.28. The zero-order valence-corrected chi connectivity index (χ0v) is 24.5. The fraction of sp³-hybridized carbons (Fsp3) is 0.200. The van der Waals surface area contributed by atoms with Crippen LogP contribution in [0.3, 0.4) is 0 Å². The molecule has 4 aromatic rings. The number of carbonyl (C=O) groups excluding carboxylic acids is 3. The molecule has 218 valence electrons. The molecule has 0 bridgehead atoms. The van der Waals surface area contributed by atoms with Crippen molar-refractivity contribution in [2.45, 2.75) is 12.6 Å². The van der Waals surface area contributed by atoms with Crippen LogP contribution in [0.25, 0.3) is 0 Å². The first-order valence-electron chi connectivity index (χ1n) is 12.9. The van der Waals surface area contributed by atoms with Crippen LogP contribution in [0.1, 0.15) is 37.3 Å². The first-order chi connectivity index (χ1) is 20.2. The molecule has 1 unspecified atom stereocenters. The second-order valence-electron chi connectivity index (χ2n) is 9.44. The van der Waals surface area contributed by atoms with Gasteiger partial charge < -0.3 is 31.2 Å². The van der Waals surface area contributed by atoms with E-state index in [2.05, 4.69) is 9.69 Å². The van der Waals surface area contributed by atoms with Gasteiger partial charge in [-0.25, -0.2) is 0 Å². The largest absolute Gasteiger partial charge is 0.493 e. The van der Waals surface area contributed by atoms with Crippen LogP contribution in [-0.4, -0.2) is 50.4 Å². The van der Waals surface area contributed by atoms with Crippen molar-refractivity contribution in [1.82, 2.24) is 9.69 Å². The lowest BCUT2D eigenvalue weighted by Crippen LogP contribution is -2.44. The third kappa shape index (κ3) is 6.28. The van der Waals surface area contributed by atoms with Crippen molar-refractivity contribution >= 4 is 46.3 Å². The highest BCUT2D eigenvalue weighted by Crippen LogP contribution is 2.38. The van der Waals surface area contributed by atoms with Gasteiger partial charge >= 0.3 is 0 Å². The van der Waals surface area contributed by atoms with Gasteiger partial charge in [0.05, 0.1) is 19.9 Å². The van der Waals surface area contributed by atoms with Gasteiger partial charge in [0.1, 0.15) is 10.9 Å². The normalized spacial score (nSPS) is 11.3. The highest BCUT2D eigenvalue weighted by Gasteiger charge is 2.36. The lowest BCUT2D eigenvalue weighted by atomic mass is 10.0. The van der Waals surface area contributed by atoms with Crippen molar-refractivity contribution in [1.29, 1.82) is 0 Å². The van der Waals surface area contributed by atoms with E-state index in [1.807, 2.05) is 61.5 Å². The van der Waals surface area contributed by atoms with Gasteiger partial charge in [-0.15, -0.1) is 0 Å². The summed E-state index contributed by atoms with van der Waals surface area (Å²) in [6.45, 7) is 0.231. The summed E-state index contributed by atoms with van der Waals surface area (Å²) < 4.78 is 14.9. The monoisotopic (exact) mass is 588 g/mol. The van der Waals surface area contributed by atoms with E-state index in [-0.39, 0.29) is 22.8 Å². The number of carbonyl (C=O) groups is 3. The number of nitrogens with two attached hydrogens (primary N) is 2. The van der Waals surface area contributed by atoms with E-state index in [1.165, 1.54) is 19.1 Å². The molecule has 12 heteroatoms. The fourth-order valence-electron chi connectivity index (χ4n) is 4.35. The number of hydrogen-bond donors (Lipinski definition) is 3. The molecule has 0 aliphatic carbocycles. The first-order valence-corrected chi connectivity index (χ1v) is 13.6. The molecule has 42 heavy (non-hydrogen) atoms. The summed E-state index contributed by atoms with van der Waals surface area (Å²) in [7, 11) is 6.77. The number of methoxy groups -OCH3 is 2. The fourth-order valence-corrected chi connectivity index (χ4v) is 5.09. The number of anilines is 3. The van der Waals surface area contributed by atoms with Gasteiger partial charge in [0.25, 0.3) is 11.8 Å². The number of ether oxygens (including phenoxy) is 2. The quantitative estimate of drug-likeness (QED) is 0.240. The molecule has 0 aliphatic heterocycles. The summed E-state index contributed by atoms with van der Waals surface area (Å²) in [6, 6.07) is 20.4. The van der Waals surface area contributed by atoms with Crippen molar-refractivity contribution in [2.24, 2.45) is 5.73 Å². The average Bonchev–Trinajstić information content (AvgIpc) is 3.40. The molecule has 0 saturated heterocycles. The van der Waals surface area contributed by atoms with Crippen LogP contribution in [0.2, 0.25) is 0 Å². The van der Waals surface area contributed by atoms with E-state index in [1.54, 1.807) is 30.3 Å². The molecule has 1 aromatic heterocycles. The number of amides is 3. The molecule has 1 heterocycles. The maximum absolute atomic E-state index is 14.3. The number of benzene rings is 3. The molecular weight excluding hydrogens is 556 g/mol. The second kappa shape index (κ2) is 13.0. The highest BCUT2D eigenvalue weighted by atomic mass is 32.1. The van der Waals surface area contributed by atoms with E-state index in [9.17, 15) is 14.4 Å². The van der Waals surface area contributed by atoms with E-state index in [4.69, 9.17) is 20.9 Å². The summed E-state index contributed by atoms with van der Waals surface area (Å²) in [4.78, 5) is 43.5. The Labute approximate surface area is 247 Å². The molecule has 11 nitrogen and oxygen atoms in total. The standard InChI is InChI=1S/C30H32N6O5S/c1-35(2)20-12-10-19(11-13-20)26(29(38)33-17-18-8-6-5-7-9-18)36(21-14-15-22(40-3)23(16-21)41-4)30(39)27-24(31)25(28(32)37)34-42-27/h5-16,26H,17,31H2,1-4H3,(H2,32,37)(H,33,38). The maximum atomic E-state index is 14.3. The van der Waals surface area contributed by atoms with Crippen LogP contribution < -0.4 is 36.1 Å². The van der Waals surface area contributed by atoms with Gasteiger partial charge in [-0.3, -0.25) is 19.3 Å². The Hall–Kier alpha value is -5.10. The molecule has 0 saturated carbocycles. The number of rotatable bonds is 11. The number of nitrogens with zero attached hydrogens (tertiary/aromatic N) is 3. The molecule has 3 amide bonds. The van der Waals surface area contributed by atoms with E-state index in [0.717, 1.165) is 22.8 Å². The molecule has 0 radical (unpaired) electrons. The summed E-state index contributed by atoms with van der Waals surface area (Å²) in [5.74, 6) is -1.19. The minimum Gasteiger partial charge on any atom is -0.493 e. The number of hydrogen-bond acceptors (Lipinski definition) is 9. The summed E-state index contributed by atoms with van der Waals surface area (Å²) >= 11 is 0.733. The minimum atomic E-state index is -1.16. The van der Waals surface area contributed by atoms with Crippen molar-refractivity contribution in [2.75, 3.05) is 43.8 Å². The van der Waals surface area contributed by atoms with Crippen LogP contribution in [0.4, 0.5) is 17.1 Å². The van der Waals surface area contributed by atoms with Gasteiger partial charge in [0.15, 0.2) is 17.2 Å². The molecule has 1 atom stereocenters. The van der Waals surface area contributed by atoms with E-state index >= 15 is 0 Å². The van der Waals surface area contributed by atoms with Crippen LogP contribution in [0.15, 0.2) is 72.8 Å². The Balaban J connectivity index is 1.89. The third-order valence-electron chi connectivity index (χ3n) is 6.56. The van der Waals surface area contributed by atoms with Gasteiger partial charge in [-0.05, 0) is 46.9 Å². The number of nitrogen functional groups attached to an aromatic ring is 1. The summed E-state index contributed by atoms with van der Waals surface area (Å²) in [5, 5.41) is 2.96. The van der Waals surface area contributed by atoms with Gasteiger partial charge in [0, 0.05) is 38.1 Å². The molecule has 4 rings (SSSR count). The lowest BCUT2D eigenvalue weighted by molar-refractivity contribution is -0.122. The van der Waals surface area contributed by atoms with Crippen LogP contribution in [0.5, 0.6) is 11.5 Å². The van der Waals surface area contributed by atoms with Crippen LogP contribution in [-0.2, 0) is 11.3 Å². The smallest absolute Gasteiger partial charge is 0.273 e. The number of aromatic nitrogens is 1. The molecule has 5 N–H and O–H groups in total. The second-order valence-corrected chi connectivity index (χ2v) is 10.2. The Morgan fingerprint density at radius 2 is 1.57 bits per heavy atom. The van der Waals surface area contributed by atoms with Crippen molar-refractivity contribution in [3.05, 3.63) is 94.5 Å². The zero-order chi connectivity index (χ0) is 30.4. The van der Waals surface area contributed by atoms with Crippen LogP contribution in [0, 0.1) is 0 Å². The number of nitrogens with one attached hydrogen (secondary N) is 1. The van der Waals surface area contributed by atoms with E-state index < -0.39 is 23.8 Å². The average molecular weight is 589 g/mol. The lowest BCUT2D eigenvalue weighted by Gasteiger charge is -2.32. The first kappa shape index (κ1) is 29.9. The molecular formula is C30H32N6O5S. The topological polar surface area (TPSA) is 153 Å². The maximum Gasteiger partial charge on any atom is 0.273 e. The molecule has 0 fully saturated rings. The SMILES string of the molecule is COc1ccc(N(C(=O)c2snc(C(N)=O)c2N)C(C(=O)NCc2ccccc2)c2ccc(N(C)C)cc2)cc1OC. The molecule has 0 aliphatic rings. The zero-order valence-electron chi connectivity index (χ0n) is 23.7. The third-order valence-corrected chi connectivity index (χ3v) is 7.41. The molecule has 0 spiro atoms. The Morgan fingerprint density at radius 3 is 2.14 bits per heavy atom. The minimum absolute atomic E-state index is 0.0376. The van der Waals surface area contributed by atoms with Gasteiger partial charge in [-0.2, -0.15) is 4.37 Å². The highest BCUT2D eigenvalue weighted by molar-refractivity contribution is 7.09. The van der Waals surface area contributed by atoms with Gasteiger partial charge in [-0.1, -0.05) is 42.5 Å². The van der Waals surface area contributed by atoms with Crippen LogP contribution >= 0.6 is 11.5 Å².